The van der Waals surface area contributed by atoms with E-state index in [1.807, 2.05) is 0 Å². The van der Waals surface area contributed by atoms with Gasteiger partial charge in [-0.05, 0) is 25.1 Å². The van der Waals surface area contributed by atoms with Crippen LogP contribution in [-0.2, 0) is 90.9 Å². The van der Waals surface area contributed by atoms with Gasteiger partial charge in [-0.25, -0.2) is 9.97 Å². The maximum atomic E-state index is 12.2. The van der Waals surface area contributed by atoms with Gasteiger partial charge in [0.05, 0.1) is 89.5 Å². The summed E-state index contributed by atoms with van der Waals surface area (Å²) in [5.41, 5.74) is -1.35. The summed E-state index contributed by atoms with van der Waals surface area (Å²) in [6.07, 6.45) is -68.4. The van der Waals surface area contributed by atoms with Gasteiger partial charge in [0.15, 0.2) is 44.0 Å². The SMILES string of the molecule is CC1(CO)O[C@@H]2O[C@H]3C(O)C(O)[C@H](O[C@@H]3CO)O[C@H]3C(O)C(O)[C@H](O[C@@H]3CO)O[C@H]3C(O)C(O)[C@@H]4O[C@@H]3CSCc3csc(n3)CNc3cc(cc(NC(CO)(CO)CO)c3)NCc3nc(cs3)CSC[C@H]3O[C@H](O[C@H]1C(O)C2O)C(O)C(O)[C@@H]3O[C@@H]1O[C@H](CO)[C@@H](O[C@H]2O[C@H](CO)[C@@H](O4)C(O)C2O)C(O)C1O. The molecule has 0 spiro atoms. The second kappa shape index (κ2) is 36.5. The van der Waals surface area contributed by atoms with Gasteiger partial charge in [-0.2, -0.15) is 23.5 Å². The van der Waals surface area contributed by atoms with Crippen molar-refractivity contribution in [2.45, 2.75) is 251 Å². The smallest absolute Gasteiger partial charge is 0.187 e. The first-order chi connectivity index (χ1) is 51.7. The maximum absolute atomic E-state index is 12.2. The molecule has 41 nitrogen and oxygen atoms in total. The fourth-order valence-corrected chi connectivity index (χ4v) is 17.6. The van der Waals surface area contributed by atoms with Gasteiger partial charge in [0.1, 0.15) is 174 Å². The van der Waals surface area contributed by atoms with E-state index in [1.54, 1.807) is 29.0 Å². The highest BCUT2D eigenvalue weighted by molar-refractivity contribution is 7.98. The quantitative estimate of drug-likeness (QED) is 0.0896. The van der Waals surface area contributed by atoms with Crippen LogP contribution < -0.4 is 16.0 Å². The molecule has 26 heterocycles. The van der Waals surface area contributed by atoms with Crippen LogP contribution in [0.2, 0.25) is 0 Å². The van der Waals surface area contributed by atoms with Crippen LogP contribution in [-0.4, -0.2) is 407 Å². The number of thiazole rings is 2. The number of nitrogens with zero attached hydrogens (tertiary/aromatic N) is 2. The zero-order chi connectivity index (χ0) is 77.4. The van der Waals surface area contributed by atoms with Crippen molar-refractivity contribution in [3.63, 3.8) is 0 Å². The summed E-state index contributed by atoms with van der Waals surface area (Å²) in [4.78, 5) is 9.58. The summed E-state index contributed by atoms with van der Waals surface area (Å²) >= 11 is 4.81. The van der Waals surface area contributed by atoms with Crippen molar-refractivity contribution >= 4 is 63.3 Å². The molecule has 3 aromatic rings. The molecule has 0 aliphatic carbocycles. The average Bonchev–Trinajstić information content (AvgIpc) is 1.18. The lowest BCUT2D eigenvalue weighted by Gasteiger charge is -2.52. The van der Waals surface area contributed by atoms with Gasteiger partial charge in [-0.15, -0.1) is 22.7 Å². The zero-order valence-corrected chi connectivity index (χ0v) is 60.8. The predicted molar refractivity (Wildman–Crippen MR) is 364 cm³/mol. The Labute approximate surface area is 631 Å². The molecule has 0 saturated carbocycles. The Balaban J connectivity index is 0.920. The summed E-state index contributed by atoms with van der Waals surface area (Å²) in [6, 6.07) is 5.11. The third-order valence-corrected chi connectivity index (χ3v) is 24.2. The van der Waals surface area contributed by atoms with Crippen LogP contribution in [0.5, 0.6) is 0 Å². The molecule has 2 aromatic heterocycles. The molecular weight excluding hydrogens is 1530 g/mol. The van der Waals surface area contributed by atoms with E-state index < -0.39 is 273 Å². The summed E-state index contributed by atoms with van der Waals surface area (Å²) in [7, 11) is 0. The van der Waals surface area contributed by atoms with E-state index in [2.05, 4.69) is 16.0 Å². The molecule has 15 unspecified atom stereocenters. The number of nitrogens with one attached hydrogen (secondary N) is 3. The van der Waals surface area contributed by atoms with Crippen molar-refractivity contribution in [3.8, 4) is 0 Å². The molecule has 0 amide bonds. The normalized spacial score (nSPS) is 44.8. The number of hydrogen-bond donors (Lipinski definition) is 25. The number of aromatic nitrogens is 2. The standard InChI is InChI=1S/C63H95N5O36S4/c1-62(17-73)54-40(83)47(90)61(104-62)102-51-29(10-72)94-56(44(87)37(51)80)98-49-27(8-70)92-57(42(85)35(49)78)100-52-30-15-105-11-24-13-107-32(66-24)5-64-21-2-22(4-23(3-21)68-63(18-74,19-75)20-76)65-6-33-67-25(14-108-33)12-106-16-31-53(39(82)46(89)60(96-31)103-54)101-58-43(86)36(79)48(26(7-69)93-58)97-55-41(84)34(77)50(28(9-71)91-55)99-59(95-30)45(88)38(52)81/h2-4,13-14,26-31,34-61,64-65,68-90H,5-12,15-20H2,1H3/t26-,27-,28-,29-,30-,31-,34?,35?,36?,37?,38?,39?,40?,41?,42?,43?,44?,45?,46?,47?,48-,49-,50-,51-,52-,53-,54+,55-,56-,57-,58+,59-,60-,61+,62?/m1/s1. The average molecular weight is 1630 g/mol. The van der Waals surface area contributed by atoms with Crippen LogP contribution in [0.15, 0.2) is 29.0 Å². The first-order valence-corrected chi connectivity index (χ1v) is 38.8. The van der Waals surface area contributed by atoms with Crippen molar-refractivity contribution in [2.75, 3.05) is 80.3 Å². The number of ether oxygens (including phenoxy) is 14. The van der Waals surface area contributed by atoms with Crippen LogP contribution in [0.25, 0.3) is 0 Å². The van der Waals surface area contributed by atoms with Gasteiger partial charge < -0.3 is 195 Å². The van der Waals surface area contributed by atoms with Gasteiger partial charge in [-0.3, -0.25) is 0 Å². The van der Waals surface area contributed by atoms with Crippen molar-refractivity contribution in [2.24, 2.45) is 0 Å². The fraction of sp³-hybridized carbons (Fsp3) is 0.810. The monoisotopic (exact) mass is 1630 g/mol. The lowest BCUT2D eigenvalue weighted by atomic mass is 9.88. The molecule has 45 heteroatoms. The Bertz CT molecular complexity index is 3320. The van der Waals surface area contributed by atoms with E-state index in [9.17, 15) is 112 Å². The van der Waals surface area contributed by atoms with E-state index in [0.29, 0.717) is 38.5 Å². The number of aliphatic hydroxyl groups is 22. The van der Waals surface area contributed by atoms with Gasteiger partial charge in [0, 0.05) is 50.8 Å². The van der Waals surface area contributed by atoms with E-state index in [1.165, 1.54) is 29.6 Å². The maximum Gasteiger partial charge on any atom is 0.187 e. The highest BCUT2D eigenvalue weighted by Gasteiger charge is 2.61. The van der Waals surface area contributed by atoms with Gasteiger partial charge in [0.2, 0.25) is 0 Å². The molecule has 25 N–H and O–H groups in total. The van der Waals surface area contributed by atoms with E-state index in [0.717, 1.165) is 23.5 Å². The number of thioether (sulfide) groups is 2. The number of hydrogen-bond acceptors (Lipinski definition) is 45. The molecule has 35 atom stereocenters. The number of aliphatic hydroxyl groups excluding tert-OH is 22. The molecular formula is C63H95N5O36S4. The Hall–Kier alpha value is -2.86. The summed E-state index contributed by atoms with van der Waals surface area (Å²) in [5.74, 6) is -0.213. The van der Waals surface area contributed by atoms with Crippen LogP contribution in [0.4, 0.5) is 17.1 Å². The van der Waals surface area contributed by atoms with Gasteiger partial charge >= 0.3 is 0 Å². The van der Waals surface area contributed by atoms with Crippen molar-refractivity contribution in [1.29, 1.82) is 0 Å². The number of anilines is 3. The molecule has 24 aliphatic rings. The van der Waals surface area contributed by atoms with E-state index in [-0.39, 0.29) is 36.1 Å². The van der Waals surface area contributed by atoms with Crippen LogP contribution >= 0.6 is 46.2 Å². The molecule has 0 radical (unpaired) electrons. The minimum atomic E-state index is -2.25. The summed E-state index contributed by atoms with van der Waals surface area (Å²) < 4.78 is 84.9. The minimum Gasteiger partial charge on any atom is -0.394 e. The third kappa shape index (κ3) is 17.9. The zero-order valence-electron chi connectivity index (χ0n) is 57.5. The molecule has 108 heavy (non-hydrogen) atoms. The Morgan fingerprint density at radius 3 is 1.08 bits per heavy atom. The van der Waals surface area contributed by atoms with E-state index in [4.69, 9.17) is 76.3 Å². The second-order valence-corrected chi connectivity index (χ2v) is 31.8. The Morgan fingerprint density at radius 2 is 0.731 bits per heavy atom. The second-order valence-electron chi connectivity index (χ2n) is 27.9. The van der Waals surface area contributed by atoms with Crippen LogP contribution in [0.1, 0.15) is 28.3 Å². The lowest BCUT2D eigenvalue weighted by molar-refractivity contribution is -0.406. The van der Waals surface area contributed by atoms with Crippen molar-refractivity contribution in [1.82, 2.24) is 9.97 Å². The van der Waals surface area contributed by atoms with Gasteiger partial charge in [-0.1, -0.05) is 0 Å². The molecule has 24 aliphatic heterocycles. The van der Waals surface area contributed by atoms with Gasteiger partial charge in [0.25, 0.3) is 0 Å². The van der Waals surface area contributed by atoms with Crippen LogP contribution in [0, 0.1) is 0 Å². The molecule has 612 valence electrons. The first kappa shape index (κ1) is 84.5. The van der Waals surface area contributed by atoms with Crippen molar-refractivity contribution < 1.29 is 179 Å². The highest BCUT2D eigenvalue weighted by Crippen LogP contribution is 2.42. The van der Waals surface area contributed by atoms with E-state index >= 15 is 0 Å². The topological polar surface area (TPSA) is 636 Å². The molecule has 27 rings (SSSR count). The first-order valence-electron chi connectivity index (χ1n) is 34.7. The number of benzene rings is 1. The Kier molecular flexibility index (Phi) is 28.6. The summed E-state index contributed by atoms with van der Waals surface area (Å²) in [6.45, 7) is -5.82. The molecule has 1 aromatic carbocycles. The fourth-order valence-electron chi connectivity index (χ4n) is 14.0. The predicted octanol–water partition coefficient (Wildman–Crippen LogP) is -10.4. The Morgan fingerprint density at radius 1 is 0.407 bits per heavy atom. The largest absolute Gasteiger partial charge is 0.394 e. The van der Waals surface area contributed by atoms with Crippen molar-refractivity contribution in [3.05, 3.63) is 50.4 Å². The molecule has 22 bridgehead atoms. The number of rotatable bonds is 10. The molecule has 21 saturated heterocycles. The highest BCUT2D eigenvalue weighted by atomic mass is 32.2. The van der Waals surface area contributed by atoms with Crippen LogP contribution in [0.3, 0.4) is 0 Å². The third-order valence-electron chi connectivity index (χ3n) is 20.2. The summed E-state index contributed by atoms with van der Waals surface area (Å²) in [5, 5.41) is 266. The minimum absolute atomic E-state index is 0.112. The lowest BCUT2D eigenvalue weighted by Crippen LogP contribution is -2.70. The molecule has 21 fully saturated rings.